The highest BCUT2D eigenvalue weighted by Gasteiger charge is 2.39. The largest absolute Gasteiger partial charge is 0.338 e. The molecule has 3 rings (SSSR count). The number of sulfonamides is 1. The Morgan fingerprint density at radius 2 is 2.19 bits per heavy atom. The third-order valence-corrected chi connectivity index (χ3v) is 5.61. The van der Waals surface area contributed by atoms with Crippen molar-refractivity contribution < 1.29 is 17.7 Å². The molecule has 142 valence electrons. The molecular weight excluding hydrogens is 360 g/mol. The van der Waals surface area contributed by atoms with E-state index in [1.165, 1.54) is 0 Å². The molecule has 1 atom stereocenters. The topological polar surface area (TPSA) is 114 Å². The summed E-state index contributed by atoms with van der Waals surface area (Å²) in [6, 6.07) is 0.918. The van der Waals surface area contributed by atoms with Gasteiger partial charge in [0, 0.05) is 26.1 Å². The molecule has 1 amide bonds. The van der Waals surface area contributed by atoms with Crippen LogP contribution in [-0.4, -0.2) is 57.4 Å². The number of aromatic nitrogens is 4. The van der Waals surface area contributed by atoms with Crippen molar-refractivity contribution in [3.8, 4) is 0 Å². The van der Waals surface area contributed by atoms with Crippen molar-refractivity contribution in [2.75, 3.05) is 17.7 Å². The first-order valence-electron chi connectivity index (χ1n) is 8.39. The lowest BCUT2D eigenvalue weighted by Gasteiger charge is -2.36. The van der Waals surface area contributed by atoms with Crippen LogP contribution in [0.4, 0.5) is 5.82 Å². The van der Waals surface area contributed by atoms with Gasteiger partial charge < -0.3 is 4.52 Å². The third-order valence-electron chi connectivity index (χ3n) is 4.37. The van der Waals surface area contributed by atoms with E-state index in [1.807, 2.05) is 6.92 Å². The van der Waals surface area contributed by atoms with Gasteiger partial charge >= 0.3 is 0 Å². The summed E-state index contributed by atoms with van der Waals surface area (Å²) in [6.07, 6.45) is 4.39. The Labute approximate surface area is 151 Å². The van der Waals surface area contributed by atoms with E-state index in [9.17, 15) is 13.2 Å². The number of aryl methyl sites for hydroxylation is 2. The lowest BCUT2D eigenvalue weighted by Crippen LogP contribution is -2.54. The van der Waals surface area contributed by atoms with Gasteiger partial charge in [-0.2, -0.15) is 14.4 Å². The molecule has 0 radical (unpaired) electrons. The Balaban J connectivity index is 1.88. The molecule has 3 heterocycles. The van der Waals surface area contributed by atoms with Gasteiger partial charge in [0.15, 0.2) is 5.82 Å². The Morgan fingerprint density at radius 1 is 1.42 bits per heavy atom. The molecular formula is C15H22N6O4S. The van der Waals surface area contributed by atoms with E-state index in [0.717, 1.165) is 10.6 Å². The van der Waals surface area contributed by atoms with E-state index in [0.29, 0.717) is 37.4 Å². The van der Waals surface area contributed by atoms with E-state index < -0.39 is 16.1 Å². The minimum Gasteiger partial charge on any atom is -0.338 e. The fourth-order valence-electron chi connectivity index (χ4n) is 3.07. The van der Waals surface area contributed by atoms with Gasteiger partial charge in [-0.1, -0.05) is 12.1 Å². The first-order chi connectivity index (χ1) is 12.3. The number of hydrogen-bond acceptors (Lipinski definition) is 7. The van der Waals surface area contributed by atoms with Crippen molar-refractivity contribution in [1.29, 1.82) is 0 Å². The fourth-order valence-corrected chi connectivity index (χ4v) is 4.08. The van der Waals surface area contributed by atoms with Crippen molar-refractivity contribution in [1.82, 2.24) is 24.2 Å². The highest BCUT2D eigenvalue weighted by atomic mass is 32.2. The second-order valence-electron chi connectivity index (χ2n) is 6.23. The molecule has 0 saturated carbocycles. The maximum absolute atomic E-state index is 13.0. The lowest BCUT2D eigenvalue weighted by molar-refractivity contribution is -0.123. The summed E-state index contributed by atoms with van der Waals surface area (Å²) < 4.78 is 32.6. The number of hydrogen-bond donors (Lipinski definition) is 0. The average Bonchev–Trinajstić information content (AvgIpc) is 3.21. The Kier molecular flexibility index (Phi) is 5.10. The van der Waals surface area contributed by atoms with Gasteiger partial charge in [-0.15, -0.1) is 0 Å². The molecule has 1 aliphatic rings. The predicted molar refractivity (Wildman–Crippen MR) is 92.6 cm³/mol. The van der Waals surface area contributed by atoms with Crippen LogP contribution in [0.1, 0.15) is 31.5 Å². The molecule has 1 unspecified atom stereocenters. The SMILES string of the molecule is CCc1noc(CN(C2CCCN(c3ccnn3C)C2=O)S(C)(=O)=O)n1. The van der Waals surface area contributed by atoms with Crippen molar-refractivity contribution >= 4 is 21.7 Å². The second kappa shape index (κ2) is 7.16. The molecule has 0 aromatic carbocycles. The number of anilines is 1. The van der Waals surface area contributed by atoms with E-state index in [2.05, 4.69) is 15.2 Å². The number of amides is 1. The number of carbonyl (C=O) groups is 1. The van der Waals surface area contributed by atoms with Gasteiger partial charge in [0.2, 0.25) is 21.8 Å². The monoisotopic (exact) mass is 382 g/mol. The van der Waals surface area contributed by atoms with Crippen LogP contribution in [0.15, 0.2) is 16.8 Å². The van der Waals surface area contributed by atoms with Gasteiger partial charge in [0.05, 0.1) is 19.0 Å². The summed E-state index contributed by atoms with van der Waals surface area (Å²) in [6.45, 7) is 2.27. The summed E-state index contributed by atoms with van der Waals surface area (Å²) >= 11 is 0. The van der Waals surface area contributed by atoms with Gasteiger partial charge in [-0.3, -0.25) is 14.4 Å². The van der Waals surface area contributed by atoms with E-state index in [-0.39, 0.29) is 18.3 Å². The first-order valence-corrected chi connectivity index (χ1v) is 10.2. The summed E-state index contributed by atoms with van der Waals surface area (Å²) in [7, 11) is -1.92. The number of nitrogens with zero attached hydrogens (tertiary/aromatic N) is 6. The molecule has 11 heteroatoms. The summed E-state index contributed by atoms with van der Waals surface area (Å²) in [4.78, 5) is 18.8. The van der Waals surface area contributed by atoms with Crippen molar-refractivity contribution in [3.63, 3.8) is 0 Å². The van der Waals surface area contributed by atoms with Crippen molar-refractivity contribution in [2.45, 2.75) is 38.8 Å². The number of carbonyl (C=O) groups excluding carboxylic acids is 1. The van der Waals surface area contributed by atoms with Gasteiger partial charge in [-0.25, -0.2) is 8.42 Å². The zero-order valence-corrected chi connectivity index (χ0v) is 15.8. The Morgan fingerprint density at radius 3 is 2.77 bits per heavy atom. The van der Waals surface area contributed by atoms with Crippen LogP contribution in [0.5, 0.6) is 0 Å². The number of rotatable bonds is 6. The third kappa shape index (κ3) is 3.63. The zero-order chi connectivity index (χ0) is 18.9. The van der Waals surface area contributed by atoms with E-state index in [4.69, 9.17) is 4.52 Å². The minimum absolute atomic E-state index is 0.124. The first kappa shape index (κ1) is 18.5. The standard InChI is InChI=1S/C15H22N6O4S/c1-4-12-17-13(25-18-12)10-21(26(3,23)24)11-6-5-9-20(15(11)22)14-7-8-16-19(14)2/h7-8,11H,4-6,9-10H2,1-3H3. The van der Waals surface area contributed by atoms with Crippen LogP contribution in [0.25, 0.3) is 0 Å². The van der Waals surface area contributed by atoms with Crippen molar-refractivity contribution in [3.05, 3.63) is 24.0 Å². The van der Waals surface area contributed by atoms with E-state index >= 15 is 0 Å². The molecule has 0 bridgehead atoms. The quantitative estimate of drug-likeness (QED) is 0.707. The summed E-state index contributed by atoms with van der Waals surface area (Å²) in [5.41, 5.74) is 0. The molecule has 0 N–H and O–H groups in total. The molecule has 2 aromatic rings. The van der Waals surface area contributed by atoms with Crippen LogP contribution in [-0.2, 0) is 34.8 Å². The van der Waals surface area contributed by atoms with Crippen LogP contribution in [0.3, 0.4) is 0 Å². The van der Waals surface area contributed by atoms with Crippen LogP contribution in [0.2, 0.25) is 0 Å². The maximum Gasteiger partial charge on any atom is 0.246 e. The zero-order valence-electron chi connectivity index (χ0n) is 15.0. The number of piperidine rings is 1. The fraction of sp³-hybridized carbons (Fsp3) is 0.600. The molecule has 2 aromatic heterocycles. The van der Waals surface area contributed by atoms with Gasteiger partial charge in [-0.05, 0) is 12.8 Å². The Hall–Kier alpha value is -2.27. The van der Waals surface area contributed by atoms with E-state index in [1.54, 1.807) is 28.9 Å². The van der Waals surface area contributed by atoms with Gasteiger partial charge in [0.25, 0.3) is 0 Å². The predicted octanol–water partition coefficient (Wildman–Crippen LogP) is 0.323. The van der Waals surface area contributed by atoms with Crippen LogP contribution < -0.4 is 4.90 Å². The molecule has 1 saturated heterocycles. The summed E-state index contributed by atoms with van der Waals surface area (Å²) in [5.74, 6) is 1.04. The smallest absolute Gasteiger partial charge is 0.246 e. The maximum atomic E-state index is 13.0. The summed E-state index contributed by atoms with van der Waals surface area (Å²) in [5, 5.41) is 7.87. The van der Waals surface area contributed by atoms with Crippen LogP contribution in [0, 0.1) is 0 Å². The van der Waals surface area contributed by atoms with Crippen molar-refractivity contribution in [2.24, 2.45) is 7.05 Å². The Bertz CT molecular complexity index is 890. The lowest BCUT2D eigenvalue weighted by atomic mass is 10.0. The molecule has 0 aliphatic carbocycles. The highest BCUT2D eigenvalue weighted by Crippen LogP contribution is 2.25. The average molecular weight is 382 g/mol. The normalized spacial score (nSPS) is 18.7. The molecule has 1 fully saturated rings. The molecule has 1 aliphatic heterocycles. The second-order valence-corrected chi connectivity index (χ2v) is 8.16. The highest BCUT2D eigenvalue weighted by molar-refractivity contribution is 7.88. The molecule has 0 spiro atoms. The minimum atomic E-state index is -3.66. The molecule has 26 heavy (non-hydrogen) atoms. The van der Waals surface area contributed by atoms with Gasteiger partial charge in [0.1, 0.15) is 11.9 Å². The molecule has 10 nitrogen and oxygen atoms in total. The van der Waals surface area contributed by atoms with Crippen LogP contribution >= 0.6 is 0 Å².